The van der Waals surface area contributed by atoms with Gasteiger partial charge in [-0.15, -0.1) is 4.31 Å². The number of carbonyl (C=O) groups is 1. The first kappa shape index (κ1) is 35.7. The lowest BCUT2D eigenvalue weighted by Gasteiger charge is -2.59. The average molecular weight is 618 g/mol. The van der Waals surface area contributed by atoms with Gasteiger partial charge in [0.2, 0.25) is 15.7 Å². The van der Waals surface area contributed by atoms with E-state index < -0.39 is 37.3 Å². The van der Waals surface area contributed by atoms with E-state index in [-0.39, 0.29) is 20.8 Å². The van der Waals surface area contributed by atoms with Crippen LogP contribution in [0.25, 0.3) is 0 Å². The van der Waals surface area contributed by atoms with E-state index in [1.54, 1.807) is 36.4 Å². The molecule has 0 bridgehead atoms. The number of benzene rings is 1. The fraction of sp³-hybridized carbons (Fsp3) is 0.667. The van der Waals surface area contributed by atoms with Gasteiger partial charge in [0.1, 0.15) is 0 Å². The highest BCUT2D eigenvalue weighted by Gasteiger charge is 2.67. The van der Waals surface area contributed by atoms with Gasteiger partial charge in [-0.3, -0.25) is 4.79 Å². The molecule has 0 aromatic heterocycles. The van der Waals surface area contributed by atoms with Crippen LogP contribution in [0.5, 0.6) is 0 Å². The molecule has 1 aliphatic heterocycles. The molecule has 0 N–H and O–H groups in total. The predicted octanol–water partition coefficient (Wildman–Crippen LogP) is 8.62. The van der Waals surface area contributed by atoms with Crippen LogP contribution < -0.4 is 0 Å². The Kier molecular flexibility index (Phi) is 10.7. The summed E-state index contributed by atoms with van der Waals surface area (Å²) in [6.45, 7) is 27.1. The molecule has 1 aromatic carbocycles. The summed E-state index contributed by atoms with van der Waals surface area (Å²) in [6.07, 6.45) is 8.10. The Morgan fingerprint density at radius 1 is 0.927 bits per heavy atom. The highest BCUT2D eigenvalue weighted by atomic mass is 32.2. The largest absolute Gasteiger partial charge is 0.386 e. The Bertz CT molecular complexity index is 1290. The molecule has 230 valence electrons. The van der Waals surface area contributed by atoms with Crippen LogP contribution in [-0.4, -0.2) is 45.8 Å². The van der Waals surface area contributed by atoms with Gasteiger partial charge in [0.05, 0.1) is 18.1 Å². The summed E-state index contributed by atoms with van der Waals surface area (Å²) in [5, 5.41) is -1.88. The van der Waals surface area contributed by atoms with Gasteiger partial charge >= 0.3 is 0 Å². The van der Waals surface area contributed by atoms with Gasteiger partial charge in [-0.2, -0.15) is 0 Å². The van der Waals surface area contributed by atoms with E-state index in [2.05, 4.69) is 86.5 Å². The van der Waals surface area contributed by atoms with Gasteiger partial charge in [-0.1, -0.05) is 104 Å². The second-order valence-corrected chi connectivity index (χ2v) is 27.1. The number of nitrogens with zero attached hydrogens (tertiary/aromatic N) is 1. The predicted molar refractivity (Wildman–Crippen MR) is 178 cm³/mol. The summed E-state index contributed by atoms with van der Waals surface area (Å²) in [6, 6.07) is 6.87. The molecule has 2 atom stereocenters. The summed E-state index contributed by atoms with van der Waals surface area (Å²) in [5.41, 5.74) is -0.656. The minimum Gasteiger partial charge on any atom is -0.386 e. The molecule has 0 radical (unpaired) electrons. The van der Waals surface area contributed by atoms with Crippen molar-refractivity contribution in [1.29, 1.82) is 0 Å². The molecule has 8 heteroatoms. The number of carbonyl (C=O) groups excluding carboxylic acids is 1. The van der Waals surface area contributed by atoms with E-state index in [1.165, 1.54) is 4.31 Å². The molecule has 0 spiro atoms. The topological polar surface area (TPSA) is 63.7 Å². The smallest absolute Gasteiger partial charge is 0.247 e. The van der Waals surface area contributed by atoms with Crippen LogP contribution in [0.15, 0.2) is 41.3 Å². The standard InChI is InChI=1S/C33H55NO4SSi2/c1-14-15-16-17-18-19-25-33(38-41(12,13)31(6,7)8)26-24-29(35)32(9,40(10,11)30(3,4)5)34(33)39(36,37)28-22-20-27(2)21-23-28/h20-24,26H,14-18H2,1-13H3. The molecule has 1 heterocycles. The molecule has 1 aliphatic rings. The Morgan fingerprint density at radius 3 is 1.98 bits per heavy atom. The van der Waals surface area contributed by atoms with E-state index in [0.29, 0.717) is 6.42 Å². The molecule has 0 fully saturated rings. The van der Waals surface area contributed by atoms with Gasteiger partial charge < -0.3 is 4.43 Å². The van der Waals surface area contributed by atoms with E-state index in [4.69, 9.17) is 4.43 Å². The third-order valence-electron chi connectivity index (χ3n) is 9.94. The second-order valence-electron chi connectivity index (χ2n) is 14.9. The Balaban J connectivity index is 3.04. The van der Waals surface area contributed by atoms with Crippen LogP contribution >= 0.6 is 0 Å². The molecule has 5 nitrogen and oxygen atoms in total. The van der Waals surface area contributed by atoms with Crippen molar-refractivity contribution in [1.82, 2.24) is 4.31 Å². The first-order valence-corrected chi connectivity index (χ1v) is 22.4. The van der Waals surface area contributed by atoms with E-state index in [1.807, 2.05) is 13.8 Å². The highest BCUT2D eigenvalue weighted by molar-refractivity contribution is 7.89. The van der Waals surface area contributed by atoms with Crippen LogP contribution in [0.3, 0.4) is 0 Å². The van der Waals surface area contributed by atoms with Crippen molar-refractivity contribution in [3.8, 4) is 11.8 Å². The van der Waals surface area contributed by atoms with Crippen molar-refractivity contribution in [2.45, 2.75) is 146 Å². The summed E-state index contributed by atoms with van der Waals surface area (Å²) in [5.74, 6) is 6.49. The molecule has 1 aromatic rings. The minimum atomic E-state index is -4.25. The van der Waals surface area contributed by atoms with Crippen molar-refractivity contribution in [2.24, 2.45) is 0 Å². The highest BCUT2D eigenvalue weighted by Crippen LogP contribution is 2.52. The third-order valence-corrected chi connectivity index (χ3v) is 23.2. The summed E-state index contributed by atoms with van der Waals surface area (Å²) < 4.78 is 38.5. The maximum absolute atomic E-state index is 15.0. The zero-order chi connectivity index (χ0) is 31.7. The van der Waals surface area contributed by atoms with Gasteiger partial charge in [0.15, 0.2) is 14.1 Å². The zero-order valence-corrected chi connectivity index (χ0v) is 30.8. The lowest BCUT2D eigenvalue weighted by Crippen LogP contribution is -2.78. The van der Waals surface area contributed by atoms with Gasteiger partial charge in [0.25, 0.3) is 0 Å². The van der Waals surface area contributed by atoms with E-state index >= 15 is 0 Å². The Hall–Kier alpha value is -1.51. The first-order chi connectivity index (χ1) is 18.5. The van der Waals surface area contributed by atoms with Crippen molar-refractivity contribution in [3.63, 3.8) is 0 Å². The van der Waals surface area contributed by atoms with Crippen LogP contribution in [0, 0.1) is 18.8 Å². The van der Waals surface area contributed by atoms with Crippen LogP contribution in [-0.2, 0) is 19.2 Å². The molecule has 0 aliphatic carbocycles. The van der Waals surface area contributed by atoms with Gasteiger partial charge in [-0.05, 0) is 73.6 Å². The van der Waals surface area contributed by atoms with Gasteiger partial charge in [0, 0.05) is 6.42 Å². The van der Waals surface area contributed by atoms with Crippen molar-refractivity contribution < 1.29 is 17.6 Å². The number of hydrogen-bond donors (Lipinski definition) is 0. The Labute approximate surface area is 253 Å². The van der Waals surface area contributed by atoms with Crippen LogP contribution in [0.4, 0.5) is 0 Å². The van der Waals surface area contributed by atoms with Gasteiger partial charge in [-0.25, -0.2) is 8.42 Å². The van der Waals surface area contributed by atoms with Crippen LogP contribution in [0.2, 0.25) is 36.3 Å². The SMILES string of the molecule is CCCCCCC#CC1(O[Si](C)(C)C(C)(C)C)C=CC(=O)C(C)([Si](C)(C)C(C)(C)C)N1S(=O)(=O)c1ccc(C)cc1. The maximum atomic E-state index is 15.0. The van der Waals surface area contributed by atoms with Crippen molar-refractivity contribution in [3.05, 3.63) is 42.0 Å². The maximum Gasteiger partial charge on any atom is 0.247 e. The van der Waals surface area contributed by atoms with E-state index in [9.17, 15) is 13.2 Å². The summed E-state index contributed by atoms with van der Waals surface area (Å²) in [7, 11) is -9.64. The fourth-order valence-electron chi connectivity index (χ4n) is 4.94. The number of rotatable bonds is 9. The monoisotopic (exact) mass is 617 g/mol. The third kappa shape index (κ3) is 6.85. The lowest BCUT2D eigenvalue weighted by molar-refractivity contribution is -0.125. The number of sulfonamides is 1. The molecule has 41 heavy (non-hydrogen) atoms. The number of aryl methyl sites for hydroxylation is 1. The fourth-order valence-corrected chi connectivity index (χ4v) is 11.9. The van der Waals surface area contributed by atoms with Crippen molar-refractivity contribution >= 4 is 32.2 Å². The average Bonchev–Trinajstić information content (AvgIpc) is 2.82. The van der Waals surface area contributed by atoms with Crippen molar-refractivity contribution in [2.75, 3.05) is 0 Å². The minimum absolute atomic E-state index is 0.143. The van der Waals surface area contributed by atoms with Crippen LogP contribution in [0.1, 0.15) is 93.1 Å². The van der Waals surface area contributed by atoms with E-state index in [0.717, 1.165) is 31.2 Å². The zero-order valence-electron chi connectivity index (χ0n) is 28.0. The summed E-state index contributed by atoms with van der Waals surface area (Å²) in [4.78, 5) is 14.3. The Morgan fingerprint density at radius 2 is 1.49 bits per heavy atom. The normalized spacial score (nSPS) is 22.9. The summed E-state index contributed by atoms with van der Waals surface area (Å²) >= 11 is 0. The first-order valence-electron chi connectivity index (χ1n) is 15.1. The number of hydrogen-bond acceptors (Lipinski definition) is 4. The second kappa shape index (κ2) is 12.2. The molecule has 2 rings (SSSR count). The molecular formula is C33H55NO4SSi2. The number of unbranched alkanes of at least 4 members (excludes halogenated alkanes) is 4. The molecule has 0 saturated carbocycles. The molecule has 0 saturated heterocycles. The quantitative estimate of drug-likeness (QED) is 0.158. The lowest BCUT2D eigenvalue weighted by atomic mass is 10.0. The number of ketones is 1. The molecular weight excluding hydrogens is 563 g/mol. The molecule has 2 unspecified atom stereocenters. The molecule has 0 amide bonds.